The molecule has 5 nitrogen and oxygen atoms in total. The summed E-state index contributed by atoms with van der Waals surface area (Å²) in [4.78, 5) is 12.0. The molecule has 3 atom stereocenters. The number of hydrogen-bond acceptors (Lipinski definition) is 4. The number of carbonyl (C=O) groups excluding carboxylic acids is 1. The van der Waals surface area contributed by atoms with Gasteiger partial charge >= 0.3 is 6.09 Å². The van der Waals surface area contributed by atoms with Gasteiger partial charge in [0, 0.05) is 5.92 Å². The number of amides is 1. The van der Waals surface area contributed by atoms with Crippen molar-refractivity contribution in [1.82, 2.24) is 5.32 Å². The van der Waals surface area contributed by atoms with E-state index in [1.807, 2.05) is 37.3 Å². The quantitative estimate of drug-likeness (QED) is 0.716. The van der Waals surface area contributed by atoms with E-state index in [9.17, 15) is 9.90 Å². The number of benzene rings is 1. The van der Waals surface area contributed by atoms with E-state index in [0.717, 1.165) is 5.56 Å². The molecule has 5 heteroatoms. The van der Waals surface area contributed by atoms with Crippen molar-refractivity contribution in [1.29, 1.82) is 0 Å². The van der Waals surface area contributed by atoms with E-state index < -0.39 is 23.8 Å². The Morgan fingerprint density at radius 3 is 2.50 bits per heavy atom. The summed E-state index contributed by atoms with van der Waals surface area (Å²) < 4.78 is 10.9. The highest BCUT2D eigenvalue weighted by Crippen LogP contribution is 2.12. The molecule has 2 unspecified atom stereocenters. The maximum Gasteiger partial charge on any atom is 0.408 e. The first-order valence-electron chi connectivity index (χ1n) is 8.14. The van der Waals surface area contributed by atoms with Gasteiger partial charge < -0.3 is 19.9 Å². The van der Waals surface area contributed by atoms with Crippen LogP contribution in [0.4, 0.5) is 4.79 Å². The fraction of sp³-hybridized carbons (Fsp3) is 0.526. The summed E-state index contributed by atoms with van der Waals surface area (Å²) in [6.45, 7) is 11.5. The highest BCUT2D eigenvalue weighted by atomic mass is 16.6. The zero-order valence-electron chi connectivity index (χ0n) is 15.0. The van der Waals surface area contributed by atoms with Crippen molar-refractivity contribution < 1.29 is 19.4 Å². The Morgan fingerprint density at radius 1 is 1.33 bits per heavy atom. The van der Waals surface area contributed by atoms with Crippen molar-refractivity contribution in [2.24, 2.45) is 5.92 Å². The molecular weight excluding hydrogens is 306 g/mol. The predicted octanol–water partition coefficient (Wildman–Crippen LogP) is 3.28. The second-order valence-corrected chi connectivity index (χ2v) is 6.84. The molecule has 0 radical (unpaired) electrons. The molecule has 0 aromatic heterocycles. The van der Waals surface area contributed by atoms with E-state index in [4.69, 9.17) is 9.47 Å². The number of alkyl carbamates (subject to hydrolysis) is 1. The van der Waals surface area contributed by atoms with Crippen molar-refractivity contribution in [2.45, 2.75) is 52.0 Å². The summed E-state index contributed by atoms with van der Waals surface area (Å²) in [5, 5.41) is 13.1. The van der Waals surface area contributed by atoms with Crippen LogP contribution in [0.15, 0.2) is 43.0 Å². The van der Waals surface area contributed by atoms with E-state index in [0.29, 0.717) is 6.61 Å². The maximum atomic E-state index is 12.0. The van der Waals surface area contributed by atoms with Gasteiger partial charge in [0.15, 0.2) is 0 Å². The summed E-state index contributed by atoms with van der Waals surface area (Å²) in [5.74, 6) is -0.190. The SMILES string of the molecule is C=CC(C)C(O)[C@@H](COCc1ccccc1)NC(=O)OC(C)(C)C. The van der Waals surface area contributed by atoms with Crippen molar-refractivity contribution >= 4 is 6.09 Å². The van der Waals surface area contributed by atoms with E-state index in [-0.39, 0.29) is 12.5 Å². The third-order valence-corrected chi connectivity index (χ3v) is 3.43. The van der Waals surface area contributed by atoms with E-state index in [2.05, 4.69) is 11.9 Å². The second-order valence-electron chi connectivity index (χ2n) is 6.84. The van der Waals surface area contributed by atoms with Crippen LogP contribution in [0.5, 0.6) is 0 Å². The molecule has 1 aromatic carbocycles. The first-order chi connectivity index (χ1) is 11.2. The van der Waals surface area contributed by atoms with E-state index >= 15 is 0 Å². The van der Waals surface area contributed by atoms with Crippen LogP contribution in [0.3, 0.4) is 0 Å². The zero-order valence-corrected chi connectivity index (χ0v) is 15.0. The number of aliphatic hydroxyl groups excluding tert-OH is 1. The molecule has 0 saturated heterocycles. The van der Waals surface area contributed by atoms with Crippen molar-refractivity contribution in [3.8, 4) is 0 Å². The highest BCUT2D eigenvalue weighted by molar-refractivity contribution is 5.68. The van der Waals surface area contributed by atoms with Crippen LogP contribution in [0.25, 0.3) is 0 Å². The average Bonchev–Trinajstić information content (AvgIpc) is 2.51. The summed E-state index contributed by atoms with van der Waals surface area (Å²) in [7, 11) is 0. The van der Waals surface area contributed by atoms with Gasteiger partial charge in [-0.25, -0.2) is 4.79 Å². The molecule has 0 fully saturated rings. The molecule has 0 aliphatic rings. The monoisotopic (exact) mass is 335 g/mol. The number of rotatable bonds is 8. The summed E-state index contributed by atoms with van der Waals surface area (Å²) >= 11 is 0. The Morgan fingerprint density at radius 2 is 1.96 bits per heavy atom. The molecule has 24 heavy (non-hydrogen) atoms. The summed E-state index contributed by atoms with van der Waals surface area (Å²) in [6.07, 6.45) is 0.253. The summed E-state index contributed by atoms with van der Waals surface area (Å²) in [6, 6.07) is 9.13. The molecule has 1 rings (SSSR count). The molecule has 0 heterocycles. The molecular formula is C19H29NO4. The van der Waals surface area contributed by atoms with Crippen molar-refractivity contribution in [2.75, 3.05) is 6.61 Å². The maximum absolute atomic E-state index is 12.0. The lowest BCUT2D eigenvalue weighted by atomic mass is 9.98. The van der Waals surface area contributed by atoms with Gasteiger partial charge in [-0.15, -0.1) is 6.58 Å². The van der Waals surface area contributed by atoms with Gasteiger partial charge in [-0.05, 0) is 26.3 Å². The lowest BCUT2D eigenvalue weighted by Gasteiger charge is -2.28. The zero-order chi connectivity index (χ0) is 18.2. The Balaban J connectivity index is 2.63. The smallest absolute Gasteiger partial charge is 0.408 e. The third kappa shape index (κ3) is 7.62. The molecule has 1 aromatic rings. The minimum absolute atomic E-state index is 0.174. The first kappa shape index (κ1) is 20.2. The van der Waals surface area contributed by atoms with Gasteiger partial charge in [0.1, 0.15) is 5.60 Å². The lowest BCUT2D eigenvalue weighted by molar-refractivity contribution is 0.0105. The average molecular weight is 335 g/mol. The number of hydrogen-bond donors (Lipinski definition) is 2. The molecule has 0 aliphatic carbocycles. The van der Waals surface area contributed by atoms with E-state index in [1.165, 1.54) is 0 Å². The van der Waals surface area contributed by atoms with Gasteiger partial charge in [0.25, 0.3) is 0 Å². The highest BCUT2D eigenvalue weighted by Gasteiger charge is 2.27. The largest absolute Gasteiger partial charge is 0.444 e. The minimum Gasteiger partial charge on any atom is -0.444 e. The third-order valence-electron chi connectivity index (χ3n) is 3.43. The number of carbonyl (C=O) groups is 1. The molecule has 0 saturated carbocycles. The lowest BCUT2D eigenvalue weighted by Crippen LogP contribution is -2.49. The molecule has 134 valence electrons. The fourth-order valence-electron chi connectivity index (χ4n) is 2.07. The predicted molar refractivity (Wildman–Crippen MR) is 94.6 cm³/mol. The fourth-order valence-corrected chi connectivity index (χ4v) is 2.07. The first-order valence-corrected chi connectivity index (χ1v) is 8.14. The second kappa shape index (κ2) is 9.45. The van der Waals surface area contributed by atoms with Crippen LogP contribution in [0.1, 0.15) is 33.3 Å². The Bertz CT molecular complexity index is 510. The van der Waals surface area contributed by atoms with Crippen LogP contribution >= 0.6 is 0 Å². The van der Waals surface area contributed by atoms with Crippen LogP contribution in [-0.2, 0) is 16.1 Å². The van der Waals surface area contributed by atoms with Gasteiger partial charge in [-0.2, -0.15) is 0 Å². The Kier molecular flexibility index (Phi) is 7.95. The molecule has 0 spiro atoms. The van der Waals surface area contributed by atoms with Crippen LogP contribution < -0.4 is 5.32 Å². The minimum atomic E-state index is -0.814. The topological polar surface area (TPSA) is 67.8 Å². The molecule has 0 bridgehead atoms. The normalized spacial score (nSPS) is 15.2. The van der Waals surface area contributed by atoms with Crippen LogP contribution in [0, 0.1) is 5.92 Å². The standard InChI is InChI=1S/C19H29NO4/c1-6-14(2)17(21)16(20-18(22)24-19(3,4)5)13-23-12-15-10-8-7-9-11-15/h6-11,14,16-17,21H,1,12-13H2,2-5H3,(H,20,22)/t14?,16-,17?/m1/s1. The summed E-state index contributed by atoms with van der Waals surface area (Å²) in [5.41, 5.74) is 0.425. The Labute approximate surface area is 144 Å². The van der Waals surface area contributed by atoms with Gasteiger partial charge in [-0.1, -0.05) is 43.3 Å². The van der Waals surface area contributed by atoms with Crippen LogP contribution in [0.2, 0.25) is 0 Å². The van der Waals surface area contributed by atoms with Gasteiger partial charge in [0.2, 0.25) is 0 Å². The number of nitrogens with one attached hydrogen (secondary N) is 1. The Hall–Kier alpha value is -1.85. The molecule has 2 N–H and O–H groups in total. The van der Waals surface area contributed by atoms with Crippen molar-refractivity contribution in [3.63, 3.8) is 0 Å². The van der Waals surface area contributed by atoms with Crippen LogP contribution in [-0.4, -0.2) is 35.6 Å². The number of aliphatic hydroxyl groups is 1. The molecule has 1 amide bonds. The van der Waals surface area contributed by atoms with Gasteiger partial charge in [0.05, 0.1) is 25.4 Å². The number of ether oxygens (including phenoxy) is 2. The molecule has 0 aliphatic heterocycles. The van der Waals surface area contributed by atoms with Gasteiger partial charge in [-0.3, -0.25) is 0 Å². The van der Waals surface area contributed by atoms with Crippen molar-refractivity contribution in [3.05, 3.63) is 48.6 Å². The van der Waals surface area contributed by atoms with E-state index in [1.54, 1.807) is 26.8 Å².